The lowest BCUT2D eigenvalue weighted by Gasteiger charge is -2.34. The smallest absolute Gasteiger partial charge is 0.0804 e. The molecule has 1 unspecified atom stereocenters. The van der Waals surface area contributed by atoms with Crippen LogP contribution in [0.1, 0.15) is 37.0 Å². The van der Waals surface area contributed by atoms with Gasteiger partial charge in [-0.2, -0.15) is 0 Å². The molecule has 0 radical (unpaired) electrons. The van der Waals surface area contributed by atoms with Crippen molar-refractivity contribution >= 4 is 0 Å². The zero-order chi connectivity index (χ0) is 14.4. The molecule has 0 spiro atoms. The molecular formula is C17H28N2O. The summed E-state index contributed by atoms with van der Waals surface area (Å²) < 4.78 is 0. The number of hydrogen-bond acceptors (Lipinski definition) is 3. The first kappa shape index (κ1) is 15.5. The topological polar surface area (TPSA) is 26.7 Å². The zero-order valence-corrected chi connectivity index (χ0v) is 12.9. The monoisotopic (exact) mass is 276 g/mol. The van der Waals surface area contributed by atoms with Crippen molar-refractivity contribution in [3.05, 3.63) is 35.4 Å². The summed E-state index contributed by atoms with van der Waals surface area (Å²) in [7, 11) is 0. The van der Waals surface area contributed by atoms with Gasteiger partial charge in [0.25, 0.3) is 0 Å². The fourth-order valence-corrected chi connectivity index (χ4v) is 2.97. The van der Waals surface area contributed by atoms with Gasteiger partial charge in [0, 0.05) is 32.7 Å². The van der Waals surface area contributed by atoms with Crippen LogP contribution in [0.15, 0.2) is 24.3 Å². The molecule has 1 aromatic rings. The fraction of sp³-hybridized carbons (Fsp3) is 0.647. The van der Waals surface area contributed by atoms with E-state index in [1.54, 1.807) is 0 Å². The number of rotatable bonds is 6. The van der Waals surface area contributed by atoms with Gasteiger partial charge in [0.05, 0.1) is 6.10 Å². The SMILES string of the molecule is CCCN1CCN(CCC(O)c2ccccc2C)CC1. The molecule has 3 nitrogen and oxygen atoms in total. The summed E-state index contributed by atoms with van der Waals surface area (Å²) in [6, 6.07) is 8.15. The Kier molecular flexibility index (Phi) is 6.02. The van der Waals surface area contributed by atoms with Crippen LogP contribution < -0.4 is 0 Å². The van der Waals surface area contributed by atoms with Gasteiger partial charge < -0.3 is 14.9 Å². The lowest BCUT2D eigenvalue weighted by molar-refractivity contribution is 0.102. The van der Waals surface area contributed by atoms with Gasteiger partial charge in [-0.3, -0.25) is 0 Å². The molecule has 0 amide bonds. The maximum Gasteiger partial charge on any atom is 0.0804 e. The predicted octanol–water partition coefficient (Wildman–Crippen LogP) is 2.45. The predicted molar refractivity (Wildman–Crippen MR) is 83.9 cm³/mol. The average Bonchev–Trinajstić information content (AvgIpc) is 2.47. The highest BCUT2D eigenvalue weighted by Gasteiger charge is 2.17. The second-order valence-corrected chi connectivity index (χ2v) is 5.84. The van der Waals surface area contributed by atoms with Crippen molar-refractivity contribution < 1.29 is 5.11 Å². The van der Waals surface area contributed by atoms with Crippen molar-refractivity contribution in [2.45, 2.75) is 32.8 Å². The van der Waals surface area contributed by atoms with Crippen molar-refractivity contribution in [2.24, 2.45) is 0 Å². The van der Waals surface area contributed by atoms with Gasteiger partial charge in [0.2, 0.25) is 0 Å². The first-order chi connectivity index (χ1) is 9.70. The van der Waals surface area contributed by atoms with Gasteiger partial charge in [-0.05, 0) is 37.4 Å². The van der Waals surface area contributed by atoms with Gasteiger partial charge in [0.15, 0.2) is 0 Å². The molecule has 1 fully saturated rings. The van der Waals surface area contributed by atoms with E-state index in [0.717, 1.165) is 31.6 Å². The highest BCUT2D eigenvalue weighted by molar-refractivity contribution is 5.27. The van der Waals surface area contributed by atoms with Crippen LogP contribution in [0.3, 0.4) is 0 Å². The molecule has 0 aliphatic carbocycles. The zero-order valence-electron chi connectivity index (χ0n) is 12.9. The van der Waals surface area contributed by atoms with E-state index >= 15 is 0 Å². The molecular weight excluding hydrogens is 248 g/mol. The largest absolute Gasteiger partial charge is 0.388 e. The maximum absolute atomic E-state index is 10.3. The van der Waals surface area contributed by atoms with Crippen LogP contribution in [0.5, 0.6) is 0 Å². The lowest BCUT2D eigenvalue weighted by atomic mass is 10.0. The minimum Gasteiger partial charge on any atom is -0.388 e. The molecule has 112 valence electrons. The standard InChI is InChI=1S/C17H28N2O/c1-3-9-18-11-13-19(14-12-18)10-8-17(20)16-7-5-4-6-15(16)2/h4-7,17,20H,3,8-14H2,1-2H3. The summed E-state index contributed by atoms with van der Waals surface area (Å²) in [4.78, 5) is 5.02. The number of aliphatic hydroxyl groups excluding tert-OH is 1. The third-order valence-electron chi connectivity index (χ3n) is 4.27. The normalized spacial score (nSPS) is 19.1. The van der Waals surface area contributed by atoms with Crippen LogP contribution in [0.25, 0.3) is 0 Å². The Bertz CT molecular complexity index is 400. The van der Waals surface area contributed by atoms with Crippen LogP contribution in [0, 0.1) is 6.92 Å². The molecule has 0 saturated carbocycles. The van der Waals surface area contributed by atoms with E-state index < -0.39 is 0 Å². The van der Waals surface area contributed by atoms with Crippen molar-refractivity contribution in [1.29, 1.82) is 0 Å². The second kappa shape index (κ2) is 7.77. The molecule has 1 atom stereocenters. The quantitative estimate of drug-likeness (QED) is 0.864. The molecule has 1 N–H and O–H groups in total. The first-order valence-corrected chi connectivity index (χ1v) is 7.89. The lowest BCUT2D eigenvalue weighted by Crippen LogP contribution is -2.46. The van der Waals surface area contributed by atoms with E-state index in [1.807, 2.05) is 18.2 Å². The average molecular weight is 276 g/mol. The molecule has 1 saturated heterocycles. The minimum atomic E-state index is -0.329. The summed E-state index contributed by atoms with van der Waals surface area (Å²) in [5.74, 6) is 0. The third-order valence-corrected chi connectivity index (χ3v) is 4.27. The Balaban J connectivity index is 1.75. The minimum absolute atomic E-state index is 0.329. The number of benzene rings is 1. The van der Waals surface area contributed by atoms with Gasteiger partial charge in [0.1, 0.15) is 0 Å². The van der Waals surface area contributed by atoms with E-state index in [2.05, 4.69) is 29.7 Å². The van der Waals surface area contributed by atoms with E-state index in [1.165, 1.54) is 31.6 Å². The van der Waals surface area contributed by atoms with Gasteiger partial charge in [-0.15, -0.1) is 0 Å². The maximum atomic E-state index is 10.3. The number of hydrogen-bond donors (Lipinski definition) is 1. The summed E-state index contributed by atoms with van der Waals surface area (Å²) in [6.07, 6.45) is 1.75. The molecule has 1 heterocycles. The first-order valence-electron chi connectivity index (χ1n) is 7.89. The molecule has 1 aliphatic heterocycles. The Labute approximate surface area is 123 Å². The summed E-state index contributed by atoms with van der Waals surface area (Å²) in [6.45, 7) is 11.2. The van der Waals surface area contributed by atoms with Gasteiger partial charge in [-0.25, -0.2) is 0 Å². The van der Waals surface area contributed by atoms with Crippen molar-refractivity contribution in [3.8, 4) is 0 Å². The highest BCUT2D eigenvalue weighted by atomic mass is 16.3. The Morgan fingerprint density at radius 2 is 1.65 bits per heavy atom. The Morgan fingerprint density at radius 3 is 2.25 bits per heavy atom. The van der Waals surface area contributed by atoms with Crippen LogP contribution in [-0.2, 0) is 0 Å². The summed E-state index contributed by atoms with van der Waals surface area (Å²) >= 11 is 0. The molecule has 0 bridgehead atoms. The summed E-state index contributed by atoms with van der Waals surface area (Å²) in [5, 5.41) is 10.3. The van der Waals surface area contributed by atoms with Gasteiger partial charge in [-0.1, -0.05) is 31.2 Å². The van der Waals surface area contributed by atoms with Gasteiger partial charge >= 0.3 is 0 Å². The molecule has 2 rings (SSSR count). The molecule has 20 heavy (non-hydrogen) atoms. The molecule has 0 aromatic heterocycles. The van der Waals surface area contributed by atoms with Crippen molar-refractivity contribution in [1.82, 2.24) is 9.80 Å². The number of aryl methyl sites for hydroxylation is 1. The van der Waals surface area contributed by atoms with Crippen LogP contribution in [-0.4, -0.2) is 54.2 Å². The van der Waals surface area contributed by atoms with E-state index in [0.29, 0.717) is 0 Å². The fourth-order valence-electron chi connectivity index (χ4n) is 2.97. The molecule has 1 aliphatic rings. The molecule has 3 heteroatoms. The van der Waals surface area contributed by atoms with Crippen molar-refractivity contribution in [3.63, 3.8) is 0 Å². The van der Waals surface area contributed by atoms with E-state index in [4.69, 9.17) is 0 Å². The van der Waals surface area contributed by atoms with Crippen molar-refractivity contribution in [2.75, 3.05) is 39.3 Å². The highest BCUT2D eigenvalue weighted by Crippen LogP contribution is 2.20. The summed E-state index contributed by atoms with van der Waals surface area (Å²) in [5.41, 5.74) is 2.27. The second-order valence-electron chi connectivity index (χ2n) is 5.84. The van der Waals surface area contributed by atoms with E-state index in [-0.39, 0.29) is 6.10 Å². The Hall–Kier alpha value is -0.900. The van der Waals surface area contributed by atoms with Crippen LogP contribution in [0.2, 0.25) is 0 Å². The number of piperazine rings is 1. The van der Waals surface area contributed by atoms with Crippen LogP contribution in [0.4, 0.5) is 0 Å². The molecule has 1 aromatic carbocycles. The third kappa shape index (κ3) is 4.30. The Morgan fingerprint density at radius 1 is 1.05 bits per heavy atom. The van der Waals surface area contributed by atoms with Crippen LogP contribution >= 0.6 is 0 Å². The number of nitrogens with zero attached hydrogens (tertiary/aromatic N) is 2. The van der Waals surface area contributed by atoms with E-state index in [9.17, 15) is 5.11 Å². The number of aliphatic hydroxyl groups is 1.